The molecule has 0 bridgehead atoms. The molecule has 1 aromatic carbocycles. The van der Waals surface area contributed by atoms with E-state index in [0.717, 1.165) is 22.2 Å². The Labute approximate surface area is 122 Å². The zero-order valence-corrected chi connectivity index (χ0v) is 12.3. The average Bonchev–Trinajstić information content (AvgIpc) is 2.92. The first-order valence-corrected chi connectivity index (χ1v) is 6.97. The summed E-state index contributed by atoms with van der Waals surface area (Å²) in [5.74, 6) is 0.210. The molecule has 4 heteroatoms. The van der Waals surface area contributed by atoms with Crippen LogP contribution in [0.25, 0.3) is 11.0 Å². The number of rotatable bonds is 3. The minimum atomic E-state index is -0.138. The van der Waals surface area contributed by atoms with Crippen LogP contribution in [-0.2, 0) is 6.42 Å². The number of carbonyl (C=O) groups is 1. The Kier molecular flexibility index (Phi) is 3.29. The Morgan fingerprint density at radius 3 is 2.71 bits per heavy atom. The van der Waals surface area contributed by atoms with Crippen molar-refractivity contribution in [3.8, 4) is 0 Å². The molecule has 2 aromatic heterocycles. The van der Waals surface area contributed by atoms with Crippen molar-refractivity contribution in [2.45, 2.75) is 27.2 Å². The van der Waals surface area contributed by atoms with Gasteiger partial charge >= 0.3 is 0 Å². The second-order valence-corrected chi connectivity index (χ2v) is 5.13. The Morgan fingerprint density at radius 2 is 2.00 bits per heavy atom. The van der Waals surface area contributed by atoms with E-state index in [-0.39, 0.29) is 5.78 Å². The molecule has 2 heterocycles. The summed E-state index contributed by atoms with van der Waals surface area (Å²) in [6.07, 6.45) is 0.660. The fraction of sp³-hybridized carbons (Fsp3) is 0.235. The van der Waals surface area contributed by atoms with E-state index in [9.17, 15) is 4.79 Å². The van der Waals surface area contributed by atoms with Gasteiger partial charge in [-0.1, -0.05) is 25.1 Å². The lowest BCUT2D eigenvalue weighted by Crippen LogP contribution is -2.08. The van der Waals surface area contributed by atoms with Gasteiger partial charge in [0.15, 0.2) is 5.76 Å². The summed E-state index contributed by atoms with van der Waals surface area (Å²) >= 11 is 0. The third-order valence-electron chi connectivity index (χ3n) is 3.54. The van der Waals surface area contributed by atoms with Crippen LogP contribution in [0.4, 0.5) is 0 Å². The van der Waals surface area contributed by atoms with Crippen molar-refractivity contribution in [2.75, 3.05) is 0 Å². The number of fused-ring (bicyclic) bond motifs is 1. The summed E-state index contributed by atoms with van der Waals surface area (Å²) in [5, 5.41) is 9.05. The molecule has 0 N–H and O–H groups in total. The van der Waals surface area contributed by atoms with Crippen LogP contribution >= 0.6 is 0 Å². The van der Waals surface area contributed by atoms with E-state index in [0.29, 0.717) is 23.4 Å². The zero-order valence-electron chi connectivity index (χ0n) is 12.3. The maximum absolute atomic E-state index is 12.7. The smallest absolute Gasteiger partial charge is 0.230 e. The van der Waals surface area contributed by atoms with Crippen molar-refractivity contribution in [2.24, 2.45) is 0 Å². The van der Waals surface area contributed by atoms with E-state index in [2.05, 4.69) is 10.2 Å². The van der Waals surface area contributed by atoms with Crippen LogP contribution in [-0.4, -0.2) is 16.0 Å². The quantitative estimate of drug-likeness (QED) is 0.687. The van der Waals surface area contributed by atoms with E-state index >= 15 is 0 Å². The van der Waals surface area contributed by atoms with Crippen molar-refractivity contribution in [3.63, 3.8) is 0 Å². The van der Waals surface area contributed by atoms with Gasteiger partial charge in [-0.15, -0.1) is 0 Å². The van der Waals surface area contributed by atoms with Crippen LogP contribution < -0.4 is 0 Å². The number of aryl methyl sites for hydroxylation is 3. The standard InChI is InChI=1S/C17H16N2O2/c1-4-14-13(8-11(3)18-19-14)16(20)15-9-12-7-5-6-10(2)17(12)21-15/h5-9H,4H2,1-3H3. The molecule has 0 saturated heterocycles. The summed E-state index contributed by atoms with van der Waals surface area (Å²) in [4.78, 5) is 12.7. The van der Waals surface area contributed by atoms with Crippen LogP contribution in [0.15, 0.2) is 34.7 Å². The van der Waals surface area contributed by atoms with Crippen molar-refractivity contribution < 1.29 is 9.21 Å². The fourth-order valence-corrected chi connectivity index (χ4v) is 2.43. The number of aromatic nitrogens is 2. The summed E-state index contributed by atoms with van der Waals surface area (Å²) in [7, 11) is 0. The molecule has 0 amide bonds. The molecule has 4 nitrogen and oxygen atoms in total. The van der Waals surface area contributed by atoms with Gasteiger partial charge in [0.05, 0.1) is 17.0 Å². The molecule has 106 valence electrons. The van der Waals surface area contributed by atoms with E-state index in [1.807, 2.05) is 39.0 Å². The van der Waals surface area contributed by atoms with Gasteiger partial charge in [-0.2, -0.15) is 10.2 Å². The minimum Gasteiger partial charge on any atom is -0.452 e. The topological polar surface area (TPSA) is 56.0 Å². The third-order valence-corrected chi connectivity index (χ3v) is 3.54. The highest BCUT2D eigenvalue weighted by molar-refractivity contribution is 6.09. The second kappa shape index (κ2) is 5.13. The van der Waals surface area contributed by atoms with Crippen molar-refractivity contribution in [1.82, 2.24) is 10.2 Å². The van der Waals surface area contributed by atoms with Crippen molar-refractivity contribution in [1.29, 1.82) is 0 Å². The lowest BCUT2D eigenvalue weighted by atomic mass is 10.1. The average molecular weight is 280 g/mol. The predicted molar refractivity (Wildman–Crippen MR) is 80.5 cm³/mol. The summed E-state index contributed by atoms with van der Waals surface area (Å²) in [6, 6.07) is 9.43. The minimum absolute atomic E-state index is 0.138. The SMILES string of the molecule is CCc1nnc(C)cc1C(=O)c1cc2cccc(C)c2o1. The molecular formula is C17H16N2O2. The summed E-state index contributed by atoms with van der Waals surface area (Å²) < 4.78 is 5.76. The van der Waals surface area contributed by atoms with Crippen molar-refractivity contribution >= 4 is 16.8 Å². The maximum atomic E-state index is 12.7. The first-order valence-electron chi connectivity index (χ1n) is 6.97. The molecule has 3 rings (SSSR count). The van der Waals surface area contributed by atoms with Crippen LogP contribution in [0.5, 0.6) is 0 Å². The molecular weight excluding hydrogens is 264 g/mol. The molecule has 0 aliphatic carbocycles. The molecule has 0 unspecified atom stereocenters. The number of para-hydroxylation sites is 1. The molecule has 0 spiro atoms. The molecule has 21 heavy (non-hydrogen) atoms. The Morgan fingerprint density at radius 1 is 1.19 bits per heavy atom. The first-order chi connectivity index (χ1) is 10.1. The summed E-state index contributed by atoms with van der Waals surface area (Å²) in [5.41, 5.74) is 3.77. The largest absolute Gasteiger partial charge is 0.452 e. The van der Waals surface area contributed by atoms with Gasteiger partial charge in [0.2, 0.25) is 5.78 Å². The van der Waals surface area contributed by atoms with Crippen molar-refractivity contribution in [3.05, 3.63) is 58.6 Å². The monoisotopic (exact) mass is 280 g/mol. The predicted octanol–water partition coefficient (Wildman–Crippen LogP) is 3.63. The van der Waals surface area contributed by atoms with Gasteiger partial charge in [0.1, 0.15) is 5.58 Å². The third kappa shape index (κ3) is 2.33. The van der Waals surface area contributed by atoms with Gasteiger partial charge in [-0.3, -0.25) is 4.79 Å². The van der Waals surface area contributed by atoms with E-state index in [1.54, 1.807) is 12.1 Å². The number of benzene rings is 1. The number of hydrogen-bond acceptors (Lipinski definition) is 4. The van der Waals surface area contributed by atoms with E-state index < -0.39 is 0 Å². The Bertz CT molecular complexity index is 834. The Balaban J connectivity index is 2.12. The number of nitrogens with zero attached hydrogens (tertiary/aromatic N) is 2. The number of carbonyl (C=O) groups excluding carboxylic acids is 1. The van der Waals surface area contributed by atoms with E-state index in [1.165, 1.54) is 0 Å². The molecule has 0 aliphatic rings. The lowest BCUT2D eigenvalue weighted by molar-refractivity contribution is 0.101. The molecule has 0 radical (unpaired) electrons. The molecule has 0 atom stereocenters. The summed E-state index contributed by atoms with van der Waals surface area (Å²) in [6.45, 7) is 5.75. The highest BCUT2D eigenvalue weighted by Crippen LogP contribution is 2.25. The van der Waals surface area contributed by atoms with Crippen LogP contribution in [0, 0.1) is 13.8 Å². The van der Waals surface area contributed by atoms with Crippen LogP contribution in [0.2, 0.25) is 0 Å². The molecule has 0 fully saturated rings. The van der Waals surface area contributed by atoms with Crippen LogP contribution in [0.1, 0.15) is 40.0 Å². The van der Waals surface area contributed by atoms with Gasteiger partial charge in [-0.25, -0.2) is 0 Å². The number of furan rings is 1. The zero-order chi connectivity index (χ0) is 15.0. The van der Waals surface area contributed by atoms with E-state index in [4.69, 9.17) is 4.42 Å². The highest BCUT2D eigenvalue weighted by atomic mass is 16.3. The molecule has 0 aliphatic heterocycles. The highest BCUT2D eigenvalue weighted by Gasteiger charge is 2.19. The second-order valence-electron chi connectivity index (χ2n) is 5.13. The first kappa shape index (κ1) is 13.5. The molecule has 0 saturated carbocycles. The van der Waals surface area contributed by atoms with Crippen LogP contribution in [0.3, 0.4) is 0 Å². The number of hydrogen-bond donors (Lipinski definition) is 0. The molecule has 3 aromatic rings. The lowest BCUT2D eigenvalue weighted by Gasteiger charge is -2.04. The van der Waals surface area contributed by atoms with Gasteiger partial charge in [0.25, 0.3) is 0 Å². The van der Waals surface area contributed by atoms with Gasteiger partial charge in [-0.05, 0) is 38.0 Å². The number of ketones is 1. The maximum Gasteiger partial charge on any atom is 0.230 e. The fourth-order valence-electron chi connectivity index (χ4n) is 2.43. The van der Waals surface area contributed by atoms with Gasteiger partial charge < -0.3 is 4.42 Å². The normalized spacial score (nSPS) is 11.0. The Hall–Kier alpha value is -2.49. The van der Waals surface area contributed by atoms with Gasteiger partial charge in [0, 0.05) is 5.39 Å².